The molecule has 0 fully saturated rings. The van der Waals surface area contributed by atoms with Crippen LogP contribution in [0.15, 0.2) is 13.6 Å². The van der Waals surface area contributed by atoms with Crippen molar-refractivity contribution in [2.75, 3.05) is 11.9 Å². The van der Waals surface area contributed by atoms with E-state index in [1.165, 1.54) is 11.3 Å². The first-order chi connectivity index (χ1) is 8.04. The number of halogens is 3. The van der Waals surface area contributed by atoms with Crippen molar-refractivity contribution in [1.29, 1.82) is 0 Å². The van der Waals surface area contributed by atoms with Gasteiger partial charge in [0.2, 0.25) is 0 Å². The number of amides is 1. The van der Waals surface area contributed by atoms with Gasteiger partial charge in [-0.25, -0.2) is 0 Å². The number of hydrogen-bond donors (Lipinski definition) is 1. The monoisotopic (exact) mass is 445 g/mol. The van der Waals surface area contributed by atoms with Crippen LogP contribution in [-0.4, -0.2) is 17.8 Å². The Morgan fingerprint density at radius 2 is 2.24 bits per heavy atom. The van der Waals surface area contributed by atoms with Crippen LogP contribution in [0.4, 0.5) is 0 Å². The van der Waals surface area contributed by atoms with Gasteiger partial charge in [-0.3, -0.25) is 4.79 Å². The molecule has 0 aliphatic heterocycles. The van der Waals surface area contributed by atoms with Gasteiger partial charge in [-0.05, 0) is 56.7 Å². The van der Waals surface area contributed by atoms with Gasteiger partial charge in [-0.15, -0.1) is 11.3 Å². The lowest BCUT2D eigenvalue weighted by molar-refractivity contribution is 0.0952. The molecule has 0 aromatic carbocycles. The number of rotatable bonds is 6. The summed E-state index contributed by atoms with van der Waals surface area (Å²) in [5.41, 5.74) is 0.704. The fourth-order valence-corrected chi connectivity index (χ4v) is 4.44. The Morgan fingerprint density at radius 3 is 2.76 bits per heavy atom. The van der Waals surface area contributed by atoms with Gasteiger partial charge in [0.25, 0.3) is 5.91 Å². The molecule has 0 saturated heterocycles. The molecular weight excluding hydrogens is 434 g/mol. The molecule has 6 heteroatoms. The molecule has 1 aromatic heterocycles. The topological polar surface area (TPSA) is 29.1 Å². The highest BCUT2D eigenvalue weighted by molar-refractivity contribution is 9.12. The van der Waals surface area contributed by atoms with E-state index in [2.05, 4.69) is 60.0 Å². The van der Waals surface area contributed by atoms with Crippen LogP contribution in [0, 0.1) is 5.92 Å². The Hall–Kier alpha value is 0.610. The largest absolute Gasteiger partial charge is 0.352 e. The molecule has 1 rings (SSSR count). The summed E-state index contributed by atoms with van der Waals surface area (Å²) in [5, 5.41) is 3.95. The highest BCUT2D eigenvalue weighted by atomic mass is 79.9. The lowest BCUT2D eigenvalue weighted by Gasteiger charge is -2.07. The molecule has 17 heavy (non-hydrogen) atoms. The number of nitrogens with one attached hydrogen (secondary N) is 1. The first-order valence-electron chi connectivity index (χ1n) is 5.33. The van der Waals surface area contributed by atoms with Crippen molar-refractivity contribution in [2.24, 2.45) is 5.92 Å². The van der Waals surface area contributed by atoms with Crippen molar-refractivity contribution in [3.8, 4) is 0 Å². The van der Waals surface area contributed by atoms with Crippen molar-refractivity contribution in [2.45, 2.75) is 19.8 Å². The summed E-state index contributed by atoms with van der Waals surface area (Å²) in [7, 11) is 0. The van der Waals surface area contributed by atoms with Gasteiger partial charge < -0.3 is 5.32 Å². The molecule has 0 spiro atoms. The Labute approximate surface area is 131 Å². The third kappa shape index (κ3) is 5.41. The number of thiophene rings is 1. The molecule has 1 aromatic rings. The van der Waals surface area contributed by atoms with Crippen LogP contribution < -0.4 is 5.32 Å². The summed E-state index contributed by atoms with van der Waals surface area (Å²) in [5.74, 6) is 0.652. The lowest BCUT2D eigenvalue weighted by Crippen LogP contribution is -2.24. The van der Waals surface area contributed by atoms with E-state index in [0.29, 0.717) is 11.5 Å². The molecule has 96 valence electrons. The van der Waals surface area contributed by atoms with Crippen molar-refractivity contribution >= 4 is 65.0 Å². The van der Waals surface area contributed by atoms with Crippen LogP contribution in [-0.2, 0) is 0 Å². The van der Waals surface area contributed by atoms with E-state index in [1.54, 1.807) is 0 Å². The third-order valence-corrected chi connectivity index (χ3v) is 5.77. The minimum absolute atomic E-state index is 0.00896. The van der Waals surface area contributed by atoms with Crippen LogP contribution in [0.5, 0.6) is 0 Å². The minimum Gasteiger partial charge on any atom is -0.352 e. The minimum atomic E-state index is -0.00896. The molecule has 0 bridgehead atoms. The predicted molar refractivity (Wildman–Crippen MR) is 84.2 cm³/mol. The second-order valence-corrected chi connectivity index (χ2v) is 8.29. The predicted octanol–water partition coefficient (Wildman–Crippen LogP) is 4.81. The number of carbonyl (C=O) groups is 1. The van der Waals surface area contributed by atoms with E-state index >= 15 is 0 Å². The molecule has 0 radical (unpaired) electrons. The molecule has 1 heterocycles. The van der Waals surface area contributed by atoms with Gasteiger partial charge in [-0.1, -0.05) is 22.9 Å². The zero-order chi connectivity index (χ0) is 12.8. The maximum Gasteiger partial charge on any atom is 0.253 e. The first kappa shape index (κ1) is 15.7. The van der Waals surface area contributed by atoms with Gasteiger partial charge in [0.05, 0.1) is 13.1 Å². The third-order valence-electron chi connectivity index (χ3n) is 2.32. The highest BCUT2D eigenvalue weighted by Gasteiger charge is 2.12. The molecular formula is C11H14Br3NOS. The zero-order valence-corrected chi connectivity index (χ0v) is 15.0. The van der Waals surface area contributed by atoms with Crippen LogP contribution >= 0.6 is 59.1 Å². The molecule has 0 aliphatic rings. The van der Waals surface area contributed by atoms with E-state index in [9.17, 15) is 4.79 Å². The van der Waals surface area contributed by atoms with Gasteiger partial charge in [0, 0.05) is 11.9 Å². The summed E-state index contributed by atoms with van der Waals surface area (Å²) in [6, 6.07) is 1.84. The first-order valence-corrected chi connectivity index (χ1v) is 8.86. The van der Waals surface area contributed by atoms with Gasteiger partial charge in [0.15, 0.2) is 0 Å². The van der Waals surface area contributed by atoms with Crippen molar-refractivity contribution in [3.63, 3.8) is 0 Å². The maximum absolute atomic E-state index is 11.8. The highest BCUT2D eigenvalue weighted by Crippen LogP contribution is 2.31. The van der Waals surface area contributed by atoms with Crippen LogP contribution in [0.3, 0.4) is 0 Å². The molecule has 1 amide bonds. The Bertz CT molecular complexity index is 381. The van der Waals surface area contributed by atoms with Crippen molar-refractivity contribution < 1.29 is 4.79 Å². The summed E-state index contributed by atoms with van der Waals surface area (Å²) in [6.07, 6.45) is 2.14. The molecule has 1 N–H and O–H groups in total. The van der Waals surface area contributed by atoms with Gasteiger partial charge in [0.1, 0.15) is 0 Å². The summed E-state index contributed by atoms with van der Waals surface area (Å²) >= 11 is 11.7. The lowest BCUT2D eigenvalue weighted by atomic mass is 10.1. The second-order valence-electron chi connectivity index (χ2n) is 3.90. The van der Waals surface area contributed by atoms with Gasteiger partial charge in [-0.2, -0.15) is 0 Å². The van der Waals surface area contributed by atoms with E-state index in [-0.39, 0.29) is 5.91 Å². The number of carbonyl (C=O) groups excluding carboxylic acids is 1. The van der Waals surface area contributed by atoms with E-state index in [4.69, 9.17) is 0 Å². The van der Waals surface area contributed by atoms with Crippen LogP contribution in [0.1, 0.15) is 30.1 Å². The smallest absolute Gasteiger partial charge is 0.253 e. The average Bonchev–Trinajstić information content (AvgIpc) is 2.63. The number of hydrogen-bond acceptors (Lipinski definition) is 2. The average molecular weight is 448 g/mol. The quantitative estimate of drug-likeness (QED) is 0.492. The van der Waals surface area contributed by atoms with E-state index in [0.717, 1.165) is 32.3 Å². The summed E-state index contributed by atoms with van der Waals surface area (Å²) in [6.45, 7) is 2.93. The molecule has 2 nitrogen and oxygen atoms in total. The van der Waals surface area contributed by atoms with E-state index < -0.39 is 0 Å². The Balaban J connectivity index is 2.33. The standard InChI is InChI=1S/C11H14Br3NOS/c1-7(6-12)3-2-4-15-11(16)8-5-9(13)17-10(8)14/h5,7H,2-4,6H2,1H3,(H,15,16). The summed E-state index contributed by atoms with van der Waals surface area (Å²) in [4.78, 5) is 11.8. The molecule has 0 saturated carbocycles. The normalized spacial score (nSPS) is 12.5. The number of alkyl halides is 1. The van der Waals surface area contributed by atoms with E-state index in [1.807, 2.05) is 6.07 Å². The Morgan fingerprint density at radius 1 is 1.53 bits per heavy atom. The molecule has 1 atom stereocenters. The Kier molecular flexibility index (Phi) is 7.30. The second kappa shape index (κ2) is 7.92. The SMILES string of the molecule is CC(CBr)CCCNC(=O)c1cc(Br)sc1Br. The molecule has 0 aliphatic carbocycles. The molecule has 1 unspecified atom stereocenters. The van der Waals surface area contributed by atoms with Gasteiger partial charge >= 0.3 is 0 Å². The van der Waals surface area contributed by atoms with Crippen LogP contribution in [0.2, 0.25) is 0 Å². The van der Waals surface area contributed by atoms with Crippen molar-refractivity contribution in [3.05, 3.63) is 19.2 Å². The fourth-order valence-electron chi connectivity index (χ4n) is 1.32. The fraction of sp³-hybridized carbons (Fsp3) is 0.545. The van der Waals surface area contributed by atoms with Crippen molar-refractivity contribution in [1.82, 2.24) is 5.32 Å². The summed E-state index contributed by atoms with van der Waals surface area (Å²) < 4.78 is 1.83. The maximum atomic E-state index is 11.8. The van der Waals surface area contributed by atoms with Crippen LogP contribution in [0.25, 0.3) is 0 Å². The zero-order valence-electron chi connectivity index (χ0n) is 9.43.